The van der Waals surface area contributed by atoms with Gasteiger partial charge in [0.1, 0.15) is 0 Å². The van der Waals surface area contributed by atoms with Crippen molar-refractivity contribution in [3.8, 4) is 0 Å². The van der Waals surface area contributed by atoms with Crippen LogP contribution in [0.3, 0.4) is 0 Å². The van der Waals surface area contributed by atoms with E-state index in [4.69, 9.17) is 11.6 Å². The van der Waals surface area contributed by atoms with Gasteiger partial charge in [-0.25, -0.2) is 4.98 Å². The number of hydrogen-bond acceptors (Lipinski definition) is 1. The van der Waals surface area contributed by atoms with Crippen LogP contribution in [-0.4, -0.2) is 9.55 Å². The number of aryl methyl sites for hydroxylation is 1. The van der Waals surface area contributed by atoms with E-state index >= 15 is 0 Å². The topological polar surface area (TPSA) is 17.8 Å². The second-order valence-corrected chi connectivity index (χ2v) is 2.82. The molecule has 0 aliphatic carbocycles. The van der Waals surface area contributed by atoms with Crippen molar-refractivity contribution in [3.63, 3.8) is 0 Å². The van der Waals surface area contributed by atoms with Gasteiger partial charge in [-0.1, -0.05) is 27.5 Å². The third-order valence-corrected chi connectivity index (χ3v) is 2.21. The Morgan fingerprint density at radius 1 is 1.80 bits per heavy atom. The number of alkyl halides is 1. The number of hydrogen-bond donors (Lipinski definition) is 0. The Morgan fingerprint density at radius 2 is 2.50 bits per heavy atom. The molecule has 0 radical (unpaired) electrons. The van der Waals surface area contributed by atoms with Crippen molar-refractivity contribution in [3.05, 3.63) is 17.2 Å². The molecule has 0 atom stereocenters. The van der Waals surface area contributed by atoms with Crippen LogP contribution in [-0.2, 0) is 11.9 Å². The second kappa shape index (κ2) is 3.39. The van der Waals surface area contributed by atoms with Gasteiger partial charge in [0.05, 0.1) is 12.0 Å². The van der Waals surface area contributed by atoms with Crippen LogP contribution in [0.5, 0.6) is 0 Å². The predicted molar refractivity (Wildman–Crippen MR) is 45.5 cm³/mol. The average Bonchev–Trinajstić information content (AvgIpc) is 2.30. The maximum Gasteiger partial charge on any atom is 0.151 e. The van der Waals surface area contributed by atoms with E-state index in [2.05, 4.69) is 27.8 Å². The van der Waals surface area contributed by atoms with Crippen molar-refractivity contribution in [2.45, 2.75) is 18.8 Å². The molecule has 2 nitrogen and oxygen atoms in total. The highest BCUT2D eigenvalue weighted by Crippen LogP contribution is 2.16. The van der Waals surface area contributed by atoms with Crippen LogP contribution in [0.15, 0.2) is 6.33 Å². The summed E-state index contributed by atoms with van der Waals surface area (Å²) in [6.45, 7) is 2.98. The molecule has 1 rings (SSSR count). The van der Waals surface area contributed by atoms with Gasteiger partial charge in [-0.15, -0.1) is 0 Å². The zero-order valence-electron chi connectivity index (χ0n) is 5.64. The number of halogens is 2. The summed E-state index contributed by atoms with van der Waals surface area (Å²) >= 11 is 9.10. The predicted octanol–water partition coefficient (Wildman–Crippen LogP) is 2.45. The van der Waals surface area contributed by atoms with Gasteiger partial charge in [0.2, 0.25) is 0 Å². The molecule has 0 spiro atoms. The maximum absolute atomic E-state index is 5.76. The molecule has 0 aliphatic rings. The van der Waals surface area contributed by atoms with Crippen LogP contribution in [0.2, 0.25) is 5.15 Å². The van der Waals surface area contributed by atoms with E-state index in [1.807, 2.05) is 4.57 Å². The van der Waals surface area contributed by atoms with Gasteiger partial charge in [-0.05, 0) is 6.92 Å². The average molecular weight is 224 g/mol. The Bertz CT molecular complexity index is 222. The second-order valence-electron chi connectivity index (χ2n) is 1.90. The van der Waals surface area contributed by atoms with Gasteiger partial charge >= 0.3 is 0 Å². The molecule has 0 N–H and O–H groups in total. The number of imidazole rings is 1. The molecular weight excluding hydrogens is 215 g/mol. The van der Waals surface area contributed by atoms with Crippen LogP contribution in [0, 0.1) is 0 Å². The third-order valence-electron chi connectivity index (χ3n) is 1.36. The molecule has 1 heterocycles. The molecule has 0 aliphatic heterocycles. The fourth-order valence-corrected chi connectivity index (χ4v) is 1.76. The monoisotopic (exact) mass is 222 g/mol. The van der Waals surface area contributed by atoms with E-state index in [0.29, 0.717) is 5.15 Å². The summed E-state index contributed by atoms with van der Waals surface area (Å²) in [7, 11) is 0. The normalized spacial score (nSPS) is 10.3. The lowest BCUT2D eigenvalue weighted by Crippen LogP contribution is -1.96. The van der Waals surface area contributed by atoms with E-state index in [1.54, 1.807) is 6.33 Å². The first-order chi connectivity index (χ1) is 4.79. The van der Waals surface area contributed by atoms with Crippen LogP contribution in [0.4, 0.5) is 0 Å². The maximum atomic E-state index is 5.76. The van der Waals surface area contributed by atoms with Crippen molar-refractivity contribution >= 4 is 27.5 Å². The van der Waals surface area contributed by atoms with E-state index in [-0.39, 0.29) is 0 Å². The minimum Gasteiger partial charge on any atom is -0.333 e. The summed E-state index contributed by atoms with van der Waals surface area (Å²) in [5.41, 5.74) is 1.05. The Balaban J connectivity index is 3.01. The minimum absolute atomic E-state index is 0.596. The molecule has 4 heteroatoms. The van der Waals surface area contributed by atoms with E-state index in [1.165, 1.54) is 0 Å². The lowest BCUT2D eigenvalue weighted by atomic mass is 10.5. The molecule has 1 aromatic heterocycles. The zero-order chi connectivity index (χ0) is 7.56. The minimum atomic E-state index is 0.596. The molecule has 1 aromatic rings. The lowest BCUT2D eigenvalue weighted by molar-refractivity contribution is 0.735. The Morgan fingerprint density at radius 3 is 2.90 bits per heavy atom. The molecule has 10 heavy (non-hydrogen) atoms. The smallest absolute Gasteiger partial charge is 0.151 e. The molecule has 0 bridgehead atoms. The first kappa shape index (κ1) is 8.08. The van der Waals surface area contributed by atoms with Crippen LogP contribution in [0.1, 0.15) is 12.6 Å². The molecule has 0 aromatic carbocycles. The summed E-state index contributed by atoms with van der Waals surface area (Å²) in [6.07, 6.45) is 1.75. The summed E-state index contributed by atoms with van der Waals surface area (Å²) in [5, 5.41) is 1.36. The van der Waals surface area contributed by atoms with E-state index in [0.717, 1.165) is 17.6 Å². The largest absolute Gasteiger partial charge is 0.333 e. The van der Waals surface area contributed by atoms with Gasteiger partial charge in [0.15, 0.2) is 5.15 Å². The number of aromatic nitrogens is 2. The molecule has 0 saturated heterocycles. The number of rotatable bonds is 2. The Hall–Kier alpha value is -0.0200. The fraction of sp³-hybridized carbons (Fsp3) is 0.500. The first-order valence-corrected chi connectivity index (χ1v) is 4.55. The lowest BCUT2D eigenvalue weighted by Gasteiger charge is -1.99. The molecule has 56 valence electrons. The van der Waals surface area contributed by atoms with Crippen LogP contribution in [0.25, 0.3) is 0 Å². The van der Waals surface area contributed by atoms with Crippen molar-refractivity contribution in [1.82, 2.24) is 9.55 Å². The van der Waals surface area contributed by atoms with Crippen molar-refractivity contribution in [1.29, 1.82) is 0 Å². The highest BCUT2D eigenvalue weighted by atomic mass is 79.9. The van der Waals surface area contributed by atoms with Crippen LogP contribution >= 0.6 is 27.5 Å². The highest BCUT2D eigenvalue weighted by molar-refractivity contribution is 9.08. The standard InChI is InChI=1S/C6H8BrClN2/c1-2-10-4-9-6(8)5(10)3-7/h4H,2-3H2,1H3. The molecule has 0 unspecified atom stereocenters. The van der Waals surface area contributed by atoms with Crippen molar-refractivity contribution < 1.29 is 0 Å². The van der Waals surface area contributed by atoms with Gasteiger partial charge in [0, 0.05) is 11.9 Å². The fourth-order valence-electron chi connectivity index (χ4n) is 0.787. The SMILES string of the molecule is CCn1cnc(Cl)c1CBr. The van der Waals surface area contributed by atoms with Crippen molar-refractivity contribution in [2.75, 3.05) is 0 Å². The van der Waals surface area contributed by atoms with Gasteiger partial charge < -0.3 is 4.57 Å². The highest BCUT2D eigenvalue weighted by Gasteiger charge is 2.04. The zero-order valence-corrected chi connectivity index (χ0v) is 7.98. The third kappa shape index (κ3) is 1.35. The van der Waals surface area contributed by atoms with Crippen LogP contribution < -0.4 is 0 Å². The molecule has 0 fully saturated rings. The Kier molecular flexibility index (Phi) is 2.74. The van der Waals surface area contributed by atoms with E-state index < -0.39 is 0 Å². The van der Waals surface area contributed by atoms with Gasteiger partial charge in [0.25, 0.3) is 0 Å². The number of nitrogens with zero attached hydrogens (tertiary/aromatic N) is 2. The van der Waals surface area contributed by atoms with E-state index in [9.17, 15) is 0 Å². The molecule has 0 saturated carbocycles. The van der Waals surface area contributed by atoms with Gasteiger partial charge in [-0.2, -0.15) is 0 Å². The summed E-state index contributed by atoms with van der Waals surface area (Å²) in [5.74, 6) is 0. The first-order valence-electron chi connectivity index (χ1n) is 3.05. The summed E-state index contributed by atoms with van der Waals surface area (Å²) < 4.78 is 2.01. The van der Waals surface area contributed by atoms with Crippen molar-refractivity contribution in [2.24, 2.45) is 0 Å². The summed E-state index contributed by atoms with van der Waals surface area (Å²) in [6, 6.07) is 0. The molecular formula is C6H8BrClN2. The quantitative estimate of drug-likeness (QED) is 0.704. The summed E-state index contributed by atoms with van der Waals surface area (Å²) in [4.78, 5) is 3.96. The molecule has 0 amide bonds. The Labute approximate surface area is 73.3 Å². The van der Waals surface area contributed by atoms with Gasteiger partial charge in [-0.3, -0.25) is 0 Å².